The van der Waals surface area contributed by atoms with Crippen LogP contribution < -0.4 is 0 Å². The van der Waals surface area contributed by atoms with Crippen molar-refractivity contribution in [3.05, 3.63) is 64.7 Å². The van der Waals surface area contributed by atoms with Gasteiger partial charge in [-0.3, -0.25) is 0 Å². The number of fused-ring (bicyclic) bond motifs is 2. The van der Waals surface area contributed by atoms with Crippen LogP contribution in [0.5, 0.6) is 0 Å². The summed E-state index contributed by atoms with van der Waals surface area (Å²) in [5.41, 5.74) is 3.84. The second kappa shape index (κ2) is 6.72. The number of ether oxygens (including phenoxy) is 1. The Morgan fingerprint density at radius 2 is 2.04 bits per heavy atom. The molecule has 136 valence electrons. The molecular formula is C21H17NO5. The van der Waals surface area contributed by atoms with E-state index in [0.29, 0.717) is 34.1 Å². The van der Waals surface area contributed by atoms with E-state index in [9.17, 15) is 14.7 Å². The molecule has 4 rings (SSSR count). The highest BCUT2D eigenvalue weighted by molar-refractivity contribution is 6.06. The highest BCUT2D eigenvalue weighted by Crippen LogP contribution is 2.36. The first-order valence-electron chi connectivity index (χ1n) is 8.62. The van der Waals surface area contributed by atoms with E-state index in [-0.39, 0.29) is 5.76 Å². The SMILES string of the molecule is COC(=O)c1occc1/C=C1/CCCc2c1nc1ccccc1c2C(=O)O. The van der Waals surface area contributed by atoms with Crippen LogP contribution in [0.2, 0.25) is 0 Å². The Morgan fingerprint density at radius 1 is 1.22 bits per heavy atom. The molecule has 0 bridgehead atoms. The first-order valence-corrected chi connectivity index (χ1v) is 8.62. The summed E-state index contributed by atoms with van der Waals surface area (Å²) in [4.78, 5) is 28.6. The van der Waals surface area contributed by atoms with Gasteiger partial charge in [0.1, 0.15) is 0 Å². The van der Waals surface area contributed by atoms with Crippen molar-refractivity contribution in [1.29, 1.82) is 0 Å². The molecule has 1 N–H and O–H groups in total. The zero-order valence-corrected chi connectivity index (χ0v) is 14.7. The lowest BCUT2D eigenvalue weighted by atomic mass is 9.86. The highest BCUT2D eigenvalue weighted by atomic mass is 16.5. The van der Waals surface area contributed by atoms with Gasteiger partial charge in [-0.15, -0.1) is 0 Å². The number of hydrogen-bond acceptors (Lipinski definition) is 5. The van der Waals surface area contributed by atoms with Crippen molar-refractivity contribution in [2.24, 2.45) is 0 Å². The first kappa shape index (κ1) is 17.0. The Morgan fingerprint density at radius 3 is 2.81 bits per heavy atom. The summed E-state index contributed by atoms with van der Waals surface area (Å²) in [7, 11) is 1.30. The van der Waals surface area contributed by atoms with Gasteiger partial charge >= 0.3 is 11.9 Å². The lowest BCUT2D eigenvalue weighted by molar-refractivity contribution is 0.0564. The number of benzene rings is 1. The zero-order chi connectivity index (χ0) is 19.0. The van der Waals surface area contributed by atoms with Crippen LogP contribution in [0, 0.1) is 0 Å². The monoisotopic (exact) mass is 363 g/mol. The summed E-state index contributed by atoms with van der Waals surface area (Å²) in [5.74, 6) is -1.39. The van der Waals surface area contributed by atoms with E-state index in [0.717, 1.165) is 24.0 Å². The zero-order valence-electron chi connectivity index (χ0n) is 14.7. The second-order valence-electron chi connectivity index (χ2n) is 6.36. The van der Waals surface area contributed by atoms with Gasteiger partial charge in [-0.25, -0.2) is 14.6 Å². The van der Waals surface area contributed by atoms with Crippen LogP contribution in [0.3, 0.4) is 0 Å². The maximum atomic E-state index is 12.0. The third-order valence-corrected chi connectivity index (χ3v) is 4.78. The number of carboxylic acids is 1. The molecule has 3 aromatic rings. The van der Waals surface area contributed by atoms with Crippen molar-refractivity contribution in [1.82, 2.24) is 4.98 Å². The van der Waals surface area contributed by atoms with Crippen LogP contribution >= 0.6 is 0 Å². The van der Waals surface area contributed by atoms with E-state index < -0.39 is 11.9 Å². The average Bonchev–Trinajstić information content (AvgIpc) is 3.13. The predicted molar refractivity (Wildman–Crippen MR) is 99.6 cm³/mol. The average molecular weight is 363 g/mol. The van der Waals surface area contributed by atoms with Gasteiger partial charge in [-0.2, -0.15) is 0 Å². The number of carbonyl (C=O) groups is 2. The number of rotatable bonds is 3. The Kier molecular flexibility index (Phi) is 4.24. The number of aromatic carboxylic acids is 1. The number of methoxy groups -OCH3 is 1. The lowest BCUT2D eigenvalue weighted by Crippen LogP contribution is -2.13. The molecule has 27 heavy (non-hydrogen) atoms. The number of para-hydroxylation sites is 1. The molecule has 0 fully saturated rings. The van der Waals surface area contributed by atoms with Crippen LogP contribution in [-0.4, -0.2) is 29.1 Å². The van der Waals surface area contributed by atoms with Crippen molar-refractivity contribution < 1.29 is 23.8 Å². The van der Waals surface area contributed by atoms with Gasteiger partial charge in [-0.05, 0) is 48.6 Å². The van der Waals surface area contributed by atoms with E-state index in [1.54, 1.807) is 12.1 Å². The third-order valence-electron chi connectivity index (χ3n) is 4.78. The molecule has 2 heterocycles. The van der Waals surface area contributed by atoms with Gasteiger partial charge in [-0.1, -0.05) is 18.2 Å². The summed E-state index contributed by atoms with van der Waals surface area (Å²) in [5, 5.41) is 10.4. The molecule has 0 spiro atoms. The Labute approximate surface area is 155 Å². The summed E-state index contributed by atoms with van der Waals surface area (Å²) in [6.45, 7) is 0. The number of aromatic nitrogens is 1. The van der Waals surface area contributed by atoms with Crippen LogP contribution in [0.25, 0.3) is 22.6 Å². The van der Waals surface area contributed by atoms with Gasteiger partial charge in [0.2, 0.25) is 5.76 Å². The fourth-order valence-corrected chi connectivity index (χ4v) is 3.60. The van der Waals surface area contributed by atoms with Gasteiger partial charge in [0.05, 0.1) is 30.1 Å². The van der Waals surface area contributed by atoms with Crippen LogP contribution in [0.4, 0.5) is 0 Å². The van der Waals surface area contributed by atoms with Crippen molar-refractivity contribution >= 4 is 34.5 Å². The number of nitrogens with zero attached hydrogens (tertiary/aromatic N) is 1. The molecule has 0 amide bonds. The Bertz CT molecular complexity index is 1090. The van der Waals surface area contributed by atoms with Crippen molar-refractivity contribution in [3.8, 4) is 0 Å². The summed E-state index contributed by atoms with van der Waals surface area (Å²) < 4.78 is 9.99. The van der Waals surface area contributed by atoms with Crippen molar-refractivity contribution in [2.75, 3.05) is 7.11 Å². The maximum absolute atomic E-state index is 12.0. The first-order chi connectivity index (χ1) is 13.1. The minimum absolute atomic E-state index is 0.122. The number of furan rings is 1. The van der Waals surface area contributed by atoms with Gasteiger partial charge in [0.25, 0.3) is 0 Å². The Hall–Kier alpha value is -3.41. The molecule has 0 atom stereocenters. The molecule has 1 aliphatic rings. The fourth-order valence-electron chi connectivity index (χ4n) is 3.60. The molecule has 0 radical (unpaired) electrons. The lowest BCUT2D eigenvalue weighted by Gasteiger charge is -2.21. The van der Waals surface area contributed by atoms with Gasteiger partial charge < -0.3 is 14.3 Å². The number of carboxylic acid groups (broad SMARTS) is 1. The molecule has 0 saturated heterocycles. The predicted octanol–water partition coefficient (Wildman–Crippen LogP) is 4.19. The third kappa shape index (κ3) is 2.89. The standard InChI is InChI=1S/C21H17NO5/c1-26-21(25)19-13(9-10-27-19)11-12-5-4-7-15-17(20(23)24)14-6-2-3-8-16(14)22-18(12)15/h2-3,6,8-11H,4-5,7H2,1H3,(H,23,24)/b12-11-. The maximum Gasteiger partial charge on any atom is 0.374 e. The summed E-state index contributed by atoms with van der Waals surface area (Å²) >= 11 is 0. The van der Waals surface area contributed by atoms with Gasteiger partial charge in [0.15, 0.2) is 0 Å². The summed E-state index contributed by atoms with van der Waals surface area (Å²) in [6, 6.07) is 8.94. The number of allylic oxidation sites excluding steroid dienone is 1. The van der Waals surface area contributed by atoms with E-state index in [1.807, 2.05) is 24.3 Å². The Balaban J connectivity index is 1.93. The number of carbonyl (C=O) groups excluding carboxylic acids is 1. The molecule has 6 heteroatoms. The van der Waals surface area contributed by atoms with Crippen LogP contribution in [-0.2, 0) is 11.2 Å². The quantitative estimate of drug-likeness (QED) is 0.702. The van der Waals surface area contributed by atoms with Gasteiger partial charge in [0, 0.05) is 10.9 Å². The van der Waals surface area contributed by atoms with Crippen molar-refractivity contribution in [3.63, 3.8) is 0 Å². The molecule has 6 nitrogen and oxygen atoms in total. The molecule has 0 aliphatic heterocycles. The molecule has 1 aliphatic carbocycles. The summed E-state index contributed by atoms with van der Waals surface area (Å²) in [6.07, 6.45) is 5.47. The molecule has 0 saturated carbocycles. The molecule has 1 aromatic carbocycles. The number of hydrogen-bond donors (Lipinski definition) is 1. The smallest absolute Gasteiger partial charge is 0.374 e. The topological polar surface area (TPSA) is 89.6 Å². The number of pyridine rings is 1. The minimum atomic E-state index is -0.954. The van der Waals surface area contributed by atoms with Crippen LogP contribution in [0.1, 0.15) is 50.6 Å². The fraction of sp³-hybridized carbons (Fsp3) is 0.190. The minimum Gasteiger partial charge on any atom is -0.478 e. The molecular weight excluding hydrogens is 346 g/mol. The largest absolute Gasteiger partial charge is 0.478 e. The second-order valence-corrected chi connectivity index (χ2v) is 6.36. The number of esters is 1. The normalized spacial score (nSPS) is 14.9. The molecule has 2 aromatic heterocycles. The van der Waals surface area contributed by atoms with E-state index in [2.05, 4.69) is 0 Å². The molecule has 0 unspecified atom stereocenters. The highest BCUT2D eigenvalue weighted by Gasteiger charge is 2.25. The van der Waals surface area contributed by atoms with Crippen molar-refractivity contribution in [2.45, 2.75) is 19.3 Å². The van der Waals surface area contributed by atoms with Crippen LogP contribution in [0.15, 0.2) is 41.0 Å². The van der Waals surface area contributed by atoms with E-state index >= 15 is 0 Å². The van der Waals surface area contributed by atoms with E-state index in [4.69, 9.17) is 14.1 Å². The van der Waals surface area contributed by atoms with E-state index in [1.165, 1.54) is 13.4 Å².